The number of carbonyl (C=O) groups excluding carboxylic acids is 1. The highest BCUT2D eigenvalue weighted by atomic mass is 32.2. The number of anilines is 1. The maximum Gasteiger partial charge on any atom is 0.255 e. The first-order valence-electron chi connectivity index (χ1n) is 9.85. The zero-order valence-electron chi connectivity index (χ0n) is 18.3. The van der Waals surface area contributed by atoms with Crippen molar-refractivity contribution in [2.75, 3.05) is 26.0 Å². The second kappa shape index (κ2) is 10.1. The number of hydrogen-bond acceptors (Lipinski definition) is 7. The molecule has 0 saturated carbocycles. The van der Waals surface area contributed by atoms with Crippen LogP contribution in [-0.4, -0.2) is 44.3 Å². The number of benzene rings is 2. The number of carbonyl (C=O) groups is 1. The zero-order valence-corrected chi connectivity index (χ0v) is 19.9. The Hall–Kier alpha value is -2.95. The lowest BCUT2D eigenvalue weighted by Crippen LogP contribution is -2.23. The van der Waals surface area contributed by atoms with Gasteiger partial charge in [-0.15, -0.1) is 11.3 Å². The molecule has 3 rings (SSSR count). The van der Waals surface area contributed by atoms with Crippen molar-refractivity contribution in [3.63, 3.8) is 0 Å². The summed E-state index contributed by atoms with van der Waals surface area (Å²) >= 11 is 1.55. The van der Waals surface area contributed by atoms with Crippen LogP contribution < -0.4 is 14.8 Å². The summed E-state index contributed by atoms with van der Waals surface area (Å²) in [5, 5.41) is 5.63. The fourth-order valence-electron chi connectivity index (χ4n) is 2.82. The minimum absolute atomic E-state index is 0.0159. The van der Waals surface area contributed by atoms with Gasteiger partial charge in [-0.05, 0) is 50.2 Å². The number of thiazole rings is 1. The number of ether oxygens (including phenoxy) is 2. The molecule has 1 N–H and O–H groups in total. The Bertz CT molecular complexity index is 1210. The molecule has 0 atom stereocenters. The Morgan fingerprint density at radius 3 is 2.59 bits per heavy atom. The Morgan fingerprint density at radius 2 is 1.94 bits per heavy atom. The third-order valence-corrected chi connectivity index (χ3v) is 7.07. The van der Waals surface area contributed by atoms with E-state index in [4.69, 9.17) is 9.47 Å². The highest BCUT2D eigenvalue weighted by Gasteiger charge is 2.23. The van der Waals surface area contributed by atoms with E-state index in [9.17, 15) is 13.2 Å². The van der Waals surface area contributed by atoms with E-state index in [1.54, 1.807) is 48.6 Å². The van der Waals surface area contributed by atoms with Crippen LogP contribution in [0.2, 0.25) is 0 Å². The number of nitrogens with zero attached hydrogens (tertiary/aromatic N) is 2. The summed E-state index contributed by atoms with van der Waals surface area (Å²) in [7, 11) is -0.881. The maximum atomic E-state index is 12.8. The van der Waals surface area contributed by atoms with Crippen LogP contribution in [0.15, 0.2) is 52.7 Å². The minimum Gasteiger partial charge on any atom is -0.492 e. The molecule has 0 fully saturated rings. The lowest BCUT2D eigenvalue weighted by Gasteiger charge is -2.16. The molecule has 2 aromatic carbocycles. The molecule has 32 heavy (non-hydrogen) atoms. The fraction of sp³-hybridized carbons (Fsp3) is 0.273. The second-order valence-corrected chi connectivity index (χ2v) is 10.2. The van der Waals surface area contributed by atoms with E-state index in [1.165, 1.54) is 26.2 Å². The number of aryl methyl sites for hydroxylation is 1. The van der Waals surface area contributed by atoms with Crippen molar-refractivity contribution in [1.82, 2.24) is 9.29 Å². The number of hydrogen-bond donors (Lipinski definition) is 1. The molecule has 0 saturated heterocycles. The van der Waals surface area contributed by atoms with Gasteiger partial charge in [0.15, 0.2) is 0 Å². The van der Waals surface area contributed by atoms with Crippen LogP contribution in [0.3, 0.4) is 0 Å². The highest BCUT2D eigenvalue weighted by molar-refractivity contribution is 7.89. The molecule has 0 aliphatic carbocycles. The zero-order chi connectivity index (χ0) is 23.3. The van der Waals surface area contributed by atoms with Crippen LogP contribution in [0.25, 0.3) is 0 Å². The predicted octanol–water partition coefficient (Wildman–Crippen LogP) is 3.93. The van der Waals surface area contributed by atoms with E-state index in [1.807, 2.05) is 12.3 Å². The molecule has 10 heteroatoms. The molecule has 0 spiro atoms. The first kappa shape index (κ1) is 23.7. The topological polar surface area (TPSA) is 97.8 Å². The molecule has 0 aliphatic heterocycles. The van der Waals surface area contributed by atoms with E-state index in [0.29, 0.717) is 30.2 Å². The van der Waals surface area contributed by atoms with Crippen molar-refractivity contribution >= 4 is 33.0 Å². The highest BCUT2D eigenvalue weighted by Crippen LogP contribution is 2.29. The van der Waals surface area contributed by atoms with E-state index in [-0.39, 0.29) is 10.6 Å². The molecule has 3 aromatic rings. The lowest BCUT2D eigenvalue weighted by molar-refractivity contribution is 0.102. The normalized spacial score (nSPS) is 11.4. The molecule has 1 aromatic heterocycles. The molecule has 170 valence electrons. The molecular weight excluding hydrogens is 450 g/mol. The van der Waals surface area contributed by atoms with Gasteiger partial charge in [-0.25, -0.2) is 17.7 Å². The Balaban J connectivity index is 1.78. The Kier molecular flexibility index (Phi) is 7.49. The summed E-state index contributed by atoms with van der Waals surface area (Å²) < 4.78 is 37.7. The van der Waals surface area contributed by atoms with Crippen LogP contribution in [0, 0.1) is 6.92 Å². The van der Waals surface area contributed by atoms with Crippen LogP contribution in [-0.2, 0) is 16.6 Å². The largest absolute Gasteiger partial charge is 0.492 e. The van der Waals surface area contributed by atoms with Crippen molar-refractivity contribution in [3.05, 3.63) is 64.1 Å². The Labute approximate surface area is 191 Å². The molecule has 1 heterocycles. The van der Waals surface area contributed by atoms with Crippen LogP contribution in [0.1, 0.15) is 28.0 Å². The van der Waals surface area contributed by atoms with Crippen LogP contribution in [0.4, 0.5) is 5.69 Å². The summed E-state index contributed by atoms with van der Waals surface area (Å²) in [4.78, 5) is 17.1. The Morgan fingerprint density at radius 1 is 1.16 bits per heavy atom. The first-order valence-corrected chi connectivity index (χ1v) is 12.2. The minimum atomic E-state index is -3.76. The number of sulfonamides is 1. The molecule has 8 nitrogen and oxygen atoms in total. The average molecular weight is 476 g/mol. The van der Waals surface area contributed by atoms with Crippen molar-refractivity contribution in [2.24, 2.45) is 0 Å². The fourth-order valence-corrected chi connectivity index (χ4v) is 4.47. The smallest absolute Gasteiger partial charge is 0.255 e. The maximum absolute atomic E-state index is 12.8. The van der Waals surface area contributed by atoms with Crippen LogP contribution >= 0.6 is 11.3 Å². The van der Waals surface area contributed by atoms with Gasteiger partial charge in [-0.3, -0.25) is 4.79 Å². The summed E-state index contributed by atoms with van der Waals surface area (Å²) in [6.45, 7) is 4.32. The van der Waals surface area contributed by atoms with Crippen molar-refractivity contribution < 1.29 is 22.7 Å². The quantitative estimate of drug-likeness (QED) is 0.504. The molecule has 0 radical (unpaired) electrons. The standard InChI is InChI=1S/C22H25N3O5S2/c1-5-29-20-10-9-17(12-21(20)32(27,28)25(3)4)24-22(26)16-7-6-8-19(11-16)30-13-18-14-31-15(2)23-18/h6-12,14H,5,13H2,1-4H3,(H,24,26). The number of aromatic nitrogens is 1. The monoisotopic (exact) mass is 475 g/mol. The molecular formula is C22H25N3O5S2. The molecule has 1 amide bonds. The van der Waals surface area contributed by atoms with E-state index < -0.39 is 15.9 Å². The van der Waals surface area contributed by atoms with E-state index in [2.05, 4.69) is 10.3 Å². The van der Waals surface area contributed by atoms with Gasteiger partial charge in [-0.1, -0.05) is 6.07 Å². The summed E-state index contributed by atoms with van der Waals surface area (Å²) in [6.07, 6.45) is 0. The van der Waals surface area contributed by atoms with Gasteiger partial charge in [0.1, 0.15) is 23.0 Å². The molecule has 0 aliphatic rings. The summed E-state index contributed by atoms with van der Waals surface area (Å²) in [5.41, 5.74) is 1.54. The van der Waals surface area contributed by atoms with Crippen molar-refractivity contribution in [2.45, 2.75) is 25.3 Å². The van der Waals surface area contributed by atoms with Gasteiger partial charge < -0.3 is 14.8 Å². The number of nitrogens with one attached hydrogen (secondary N) is 1. The van der Waals surface area contributed by atoms with Gasteiger partial charge in [0.2, 0.25) is 10.0 Å². The summed E-state index contributed by atoms with van der Waals surface area (Å²) in [6, 6.07) is 11.3. The predicted molar refractivity (Wildman–Crippen MR) is 124 cm³/mol. The van der Waals surface area contributed by atoms with Crippen LogP contribution in [0.5, 0.6) is 11.5 Å². The van der Waals surface area contributed by atoms with Gasteiger partial charge in [0.05, 0.1) is 17.3 Å². The first-order chi connectivity index (χ1) is 15.2. The third-order valence-electron chi connectivity index (χ3n) is 4.41. The van der Waals surface area contributed by atoms with E-state index in [0.717, 1.165) is 15.0 Å². The lowest BCUT2D eigenvalue weighted by atomic mass is 10.2. The van der Waals surface area contributed by atoms with E-state index >= 15 is 0 Å². The average Bonchev–Trinajstić information content (AvgIpc) is 3.18. The number of rotatable bonds is 9. The molecule has 0 bridgehead atoms. The van der Waals surface area contributed by atoms with Crippen molar-refractivity contribution in [1.29, 1.82) is 0 Å². The van der Waals surface area contributed by atoms with Gasteiger partial charge in [0, 0.05) is 30.7 Å². The van der Waals surface area contributed by atoms with Crippen molar-refractivity contribution in [3.8, 4) is 11.5 Å². The van der Waals surface area contributed by atoms with Gasteiger partial charge in [-0.2, -0.15) is 0 Å². The SMILES string of the molecule is CCOc1ccc(NC(=O)c2cccc(OCc3csc(C)n3)c2)cc1S(=O)(=O)N(C)C. The second-order valence-electron chi connectivity index (χ2n) is 7.01. The summed E-state index contributed by atoms with van der Waals surface area (Å²) in [5.74, 6) is 0.370. The van der Waals surface area contributed by atoms with Gasteiger partial charge in [0.25, 0.3) is 5.91 Å². The number of amides is 1. The molecule has 0 unspecified atom stereocenters. The van der Waals surface area contributed by atoms with Gasteiger partial charge >= 0.3 is 0 Å². The third kappa shape index (κ3) is 5.64.